The van der Waals surface area contributed by atoms with Gasteiger partial charge in [-0.3, -0.25) is 9.10 Å². The zero-order valence-electron chi connectivity index (χ0n) is 16.1. The maximum absolute atomic E-state index is 13.8. The van der Waals surface area contributed by atoms with Crippen LogP contribution in [0.2, 0.25) is 5.02 Å². The number of hydrogen-bond donors (Lipinski definition) is 1. The summed E-state index contributed by atoms with van der Waals surface area (Å²) in [5.74, 6) is -1.93. The summed E-state index contributed by atoms with van der Waals surface area (Å²) in [4.78, 5) is 12.3. The molecule has 4 rings (SSSR count). The standard InChI is InChI=1S/C22H17ClF2N2O3S/c23-18-7-5-15(22(28)26-13-16-11-17(24)6-8-19(16)25)12-21(18)31(29,30)27-10-9-14-3-1-2-4-20(14)27/h1-8,11-12H,9-10,13H2,(H,26,28). The van der Waals surface area contributed by atoms with Crippen LogP contribution in [0.25, 0.3) is 0 Å². The van der Waals surface area contributed by atoms with E-state index < -0.39 is 27.6 Å². The topological polar surface area (TPSA) is 66.5 Å². The van der Waals surface area contributed by atoms with Gasteiger partial charge < -0.3 is 5.32 Å². The first-order chi connectivity index (χ1) is 14.8. The largest absolute Gasteiger partial charge is 0.348 e. The van der Waals surface area contributed by atoms with E-state index in [4.69, 9.17) is 11.6 Å². The number of fused-ring (bicyclic) bond motifs is 1. The fourth-order valence-electron chi connectivity index (χ4n) is 3.47. The van der Waals surface area contributed by atoms with Crippen LogP contribution < -0.4 is 9.62 Å². The molecule has 3 aromatic rings. The lowest BCUT2D eigenvalue weighted by molar-refractivity contribution is 0.0950. The zero-order valence-corrected chi connectivity index (χ0v) is 17.7. The molecule has 31 heavy (non-hydrogen) atoms. The third-order valence-corrected chi connectivity index (χ3v) is 7.35. The molecule has 9 heteroatoms. The summed E-state index contributed by atoms with van der Waals surface area (Å²) in [6.45, 7) is 0.0138. The molecule has 0 bridgehead atoms. The van der Waals surface area contributed by atoms with Gasteiger partial charge in [-0.05, 0) is 54.4 Å². The second-order valence-corrected chi connectivity index (χ2v) is 9.26. The van der Waals surface area contributed by atoms with Gasteiger partial charge >= 0.3 is 0 Å². The molecule has 0 saturated carbocycles. The molecule has 1 amide bonds. The summed E-state index contributed by atoms with van der Waals surface area (Å²) in [5, 5.41) is 2.45. The molecular weight excluding hydrogens is 446 g/mol. The van der Waals surface area contributed by atoms with Gasteiger partial charge in [0.1, 0.15) is 16.5 Å². The van der Waals surface area contributed by atoms with Crippen molar-refractivity contribution in [2.45, 2.75) is 17.9 Å². The van der Waals surface area contributed by atoms with Gasteiger partial charge in [0.25, 0.3) is 15.9 Å². The SMILES string of the molecule is O=C(NCc1cc(F)ccc1F)c1ccc(Cl)c(S(=O)(=O)N2CCc3ccccc32)c1. The van der Waals surface area contributed by atoms with E-state index in [2.05, 4.69) is 5.32 Å². The normalized spacial score (nSPS) is 13.2. The Labute approximate surface area is 183 Å². The number of anilines is 1. The van der Waals surface area contributed by atoms with E-state index in [-0.39, 0.29) is 34.1 Å². The van der Waals surface area contributed by atoms with E-state index in [1.54, 1.807) is 12.1 Å². The van der Waals surface area contributed by atoms with Crippen LogP contribution in [0.4, 0.5) is 14.5 Å². The minimum Gasteiger partial charge on any atom is -0.348 e. The molecule has 0 fully saturated rings. The second kappa shape index (κ2) is 8.28. The van der Waals surface area contributed by atoms with Gasteiger partial charge in [-0.2, -0.15) is 0 Å². The number of para-hydroxylation sites is 1. The summed E-state index contributed by atoms with van der Waals surface area (Å²) in [7, 11) is -4.01. The summed E-state index contributed by atoms with van der Waals surface area (Å²) < 4.78 is 54.9. The Kier molecular flexibility index (Phi) is 5.68. The number of sulfonamides is 1. The number of nitrogens with one attached hydrogen (secondary N) is 1. The first-order valence-electron chi connectivity index (χ1n) is 9.40. The first kappa shape index (κ1) is 21.3. The summed E-state index contributed by atoms with van der Waals surface area (Å²) in [6, 6.07) is 14.0. The third-order valence-electron chi connectivity index (χ3n) is 5.05. The number of halogens is 3. The molecule has 0 spiro atoms. The van der Waals surface area contributed by atoms with Crippen molar-refractivity contribution in [3.05, 3.63) is 94.0 Å². The molecular formula is C22H17ClF2N2O3S. The minimum atomic E-state index is -4.01. The summed E-state index contributed by atoms with van der Waals surface area (Å²) in [5.41, 5.74) is 1.50. The van der Waals surface area contributed by atoms with Gasteiger partial charge in [-0.25, -0.2) is 17.2 Å². The number of carbonyl (C=O) groups excluding carboxylic acids is 1. The quantitative estimate of drug-likeness (QED) is 0.614. The smallest absolute Gasteiger partial charge is 0.265 e. The first-order valence-corrected chi connectivity index (χ1v) is 11.2. The second-order valence-electron chi connectivity index (χ2n) is 7.02. The van der Waals surface area contributed by atoms with E-state index in [9.17, 15) is 22.0 Å². The van der Waals surface area contributed by atoms with Crippen molar-refractivity contribution >= 4 is 33.2 Å². The Morgan fingerprint density at radius 1 is 1.06 bits per heavy atom. The van der Waals surface area contributed by atoms with Gasteiger partial charge in [0, 0.05) is 24.2 Å². The van der Waals surface area contributed by atoms with Crippen LogP contribution in [0.15, 0.2) is 65.6 Å². The molecule has 0 atom stereocenters. The van der Waals surface area contributed by atoms with Crippen LogP contribution in [-0.4, -0.2) is 20.9 Å². The molecule has 3 aromatic carbocycles. The molecule has 1 aliphatic heterocycles. The van der Waals surface area contributed by atoms with Gasteiger partial charge in [-0.1, -0.05) is 29.8 Å². The summed E-state index contributed by atoms with van der Waals surface area (Å²) >= 11 is 6.17. The van der Waals surface area contributed by atoms with Crippen molar-refractivity contribution in [2.75, 3.05) is 10.8 Å². The minimum absolute atomic E-state index is 0.0166. The maximum atomic E-state index is 13.8. The Balaban J connectivity index is 1.60. The van der Waals surface area contributed by atoms with Gasteiger partial charge in [0.2, 0.25) is 0 Å². The molecule has 0 radical (unpaired) electrons. The summed E-state index contributed by atoms with van der Waals surface area (Å²) in [6.07, 6.45) is 0.576. The lowest BCUT2D eigenvalue weighted by Crippen LogP contribution is -2.30. The van der Waals surface area contributed by atoms with Crippen molar-refractivity contribution in [1.29, 1.82) is 0 Å². The molecule has 1 aliphatic rings. The highest BCUT2D eigenvalue weighted by Gasteiger charge is 2.32. The molecule has 1 heterocycles. The van der Waals surface area contributed by atoms with Crippen LogP contribution in [0.3, 0.4) is 0 Å². The molecule has 1 N–H and O–H groups in total. The van der Waals surface area contributed by atoms with E-state index in [0.29, 0.717) is 12.1 Å². The van der Waals surface area contributed by atoms with Crippen molar-refractivity contribution in [1.82, 2.24) is 5.32 Å². The van der Waals surface area contributed by atoms with Crippen molar-refractivity contribution in [3.8, 4) is 0 Å². The van der Waals surface area contributed by atoms with E-state index in [1.165, 1.54) is 22.5 Å². The van der Waals surface area contributed by atoms with E-state index >= 15 is 0 Å². The van der Waals surface area contributed by atoms with Crippen molar-refractivity contribution < 1.29 is 22.0 Å². The van der Waals surface area contributed by atoms with Gasteiger partial charge in [-0.15, -0.1) is 0 Å². The van der Waals surface area contributed by atoms with Crippen molar-refractivity contribution in [2.24, 2.45) is 0 Å². The average Bonchev–Trinajstić information content (AvgIpc) is 3.19. The van der Waals surface area contributed by atoms with E-state index in [1.807, 2.05) is 12.1 Å². The number of carbonyl (C=O) groups is 1. The third kappa shape index (κ3) is 4.13. The number of benzene rings is 3. The predicted octanol–water partition coefficient (Wildman–Crippen LogP) is 4.30. The molecule has 0 saturated heterocycles. The molecule has 160 valence electrons. The molecule has 0 unspecified atom stereocenters. The lowest BCUT2D eigenvalue weighted by atomic mass is 10.2. The number of amides is 1. The Bertz CT molecular complexity index is 1280. The fraction of sp³-hybridized carbons (Fsp3) is 0.136. The highest BCUT2D eigenvalue weighted by atomic mass is 35.5. The lowest BCUT2D eigenvalue weighted by Gasteiger charge is -2.20. The van der Waals surface area contributed by atoms with E-state index in [0.717, 1.165) is 23.8 Å². The Morgan fingerprint density at radius 2 is 1.84 bits per heavy atom. The Morgan fingerprint density at radius 3 is 2.65 bits per heavy atom. The van der Waals surface area contributed by atoms with Crippen LogP contribution in [0.1, 0.15) is 21.5 Å². The highest BCUT2D eigenvalue weighted by molar-refractivity contribution is 7.93. The number of rotatable bonds is 5. The van der Waals surface area contributed by atoms with Gasteiger partial charge in [0.05, 0.1) is 10.7 Å². The predicted molar refractivity (Wildman–Crippen MR) is 114 cm³/mol. The number of hydrogen-bond acceptors (Lipinski definition) is 3. The van der Waals surface area contributed by atoms with Crippen LogP contribution in [0.5, 0.6) is 0 Å². The average molecular weight is 463 g/mol. The maximum Gasteiger partial charge on any atom is 0.265 e. The molecule has 5 nitrogen and oxygen atoms in total. The molecule has 0 aliphatic carbocycles. The Hall–Kier alpha value is -2.97. The van der Waals surface area contributed by atoms with Crippen LogP contribution in [0, 0.1) is 11.6 Å². The van der Waals surface area contributed by atoms with Gasteiger partial charge in [0.15, 0.2) is 0 Å². The highest BCUT2D eigenvalue weighted by Crippen LogP contribution is 2.35. The van der Waals surface area contributed by atoms with Crippen LogP contribution >= 0.6 is 11.6 Å². The fourth-order valence-corrected chi connectivity index (χ4v) is 5.48. The van der Waals surface area contributed by atoms with Crippen LogP contribution in [-0.2, 0) is 23.0 Å². The monoisotopic (exact) mass is 462 g/mol. The molecule has 0 aromatic heterocycles. The zero-order chi connectivity index (χ0) is 22.2. The van der Waals surface area contributed by atoms with Crippen molar-refractivity contribution in [3.63, 3.8) is 0 Å². The number of nitrogens with zero attached hydrogens (tertiary/aromatic N) is 1.